The average Bonchev–Trinajstić information content (AvgIpc) is 2.83. The minimum atomic E-state index is -0.106. The predicted molar refractivity (Wildman–Crippen MR) is 86.5 cm³/mol. The minimum Gasteiger partial charge on any atom is -0.382 e. The van der Waals surface area contributed by atoms with Crippen molar-refractivity contribution in [1.82, 2.24) is 10.3 Å². The third-order valence-electron chi connectivity index (χ3n) is 3.59. The molecule has 0 unspecified atom stereocenters. The van der Waals surface area contributed by atoms with Gasteiger partial charge in [0.2, 0.25) is 0 Å². The number of nitrogen functional groups attached to an aromatic ring is 1. The first-order valence-corrected chi connectivity index (χ1v) is 8.18. The van der Waals surface area contributed by atoms with Gasteiger partial charge in [0.05, 0.1) is 0 Å². The number of anilines is 2. The zero-order valence-electron chi connectivity index (χ0n) is 12.9. The van der Waals surface area contributed by atoms with Crippen LogP contribution >= 0.6 is 11.3 Å². The Labute approximate surface area is 125 Å². The van der Waals surface area contributed by atoms with E-state index in [0.29, 0.717) is 23.2 Å². The molecule has 0 aromatic carbocycles. The predicted octanol–water partition coefficient (Wildman–Crippen LogP) is 2.74. The first kappa shape index (κ1) is 16.8. The van der Waals surface area contributed by atoms with Crippen molar-refractivity contribution in [1.29, 1.82) is 0 Å². The van der Waals surface area contributed by atoms with Crippen molar-refractivity contribution in [2.24, 2.45) is 5.92 Å². The van der Waals surface area contributed by atoms with Crippen molar-refractivity contribution < 1.29 is 4.79 Å². The quantitative estimate of drug-likeness (QED) is 0.774. The van der Waals surface area contributed by atoms with E-state index >= 15 is 0 Å². The largest absolute Gasteiger partial charge is 0.382 e. The minimum absolute atomic E-state index is 0.106. The highest BCUT2D eigenvalue weighted by Crippen LogP contribution is 2.27. The molecule has 0 saturated carbocycles. The average molecular weight is 298 g/mol. The molecule has 114 valence electrons. The lowest BCUT2D eigenvalue weighted by molar-refractivity contribution is 0.0951. The van der Waals surface area contributed by atoms with Gasteiger partial charge in [-0.15, -0.1) is 0 Å². The van der Waals surface area contributed by atoms with Gasteiger partial charge in [0, 0.05) is 19.6 Å². The number of nitrogens with two attached hydrogens (primary N) is 1. The molecule has 0 fully saturated rings. The van der Waals surface area contributed by atoms with E-state index in [4.69, 9.17) is 5.73 Å². The van der Waals surface area contributed by atoms with Crippen LogP contribution in [0.25, 0.3) is 0 Å². The molecular formula is C14H26N4OS. The molecule has 1 heterocycles. The highest BCUT2D eigenvalue weighted by atomic mass is 32.1. The molecule has 0 spiro atoms. The summed E-state index contributed by atoms with van der Waals surface area (Å²) < 4.78 is 0. The second-order valence-corrected chi connectivity index (χ2v) is 5.75. The lowest BCUT2D eigenvalue weighted by Gasteiger charge is -2.16. The van der Waals surface area contributed by atoms with E-state index < -0.39 is 0 Å². The highest BCUT2D eigenvalue weighted by molar-refractivity contribution is 7.18. The highest BCUT2D eigenvalue weighted by Gasteiger charge is 2.18. The van der Waals surface area contributed by atoms with Crippen LogP contribution in [-0.2, 0) is 0 Å². The molecule has 1 rings (SSSR count). The van der Waals surface area contributed by atoms with Gasteiger partial charge in [-0.05, 0) is 19.8 Å². The second kappa shape index (κ2) is 8.09. The Morgan fingerprint density at radius 1 is 1.30 bits per heavy atom. The summed E-state index contributed by atoms with van der Waals surface area (Å²) in [5, 5.41) is 3.78. The van der Waals surface area contributed by atoms with Crippen LogP contribution in [0, 0.1) is 5.92 Å². The van der Waals surface area contributed by atoms with Gasteiger partial charge in [0.1, 0.15) is 10.7 Å². The molecule has 0 aliphatic carbocycles. The number of amides is 1. The van der Waals surface area contributed by atoms with E-state index in [1.54, 1.807) is 0 Å². The van der Waals surface area contributed by atoms with Gasteiger partial charge in [-0.1, -0.05) is 38.0 Å². The maximum Gasteiger partial charge on any atom is 0.265 e. The number of rotatable bonds is 8. The Morgan fingerprint density at radius 2 is 1.90 bits per heavy atom. The molecule has 6 heteroatoms. The molecule has 0 bridgehead atoms. The third kappa shape index (κ3) is 4.10. The first-order valence-electron chi connectivity index (χ1n) is 7.36. The van der Waals surface area contributed by atoms with Crippen LogP contribution < -0.4 is 16.0 Å². The molecule has 1 aromatic heterocycles. The smallest absolute Gasteiger partial charge is 0.265 e. The number of hydrogen-bond acceptors (Lipinski definition) is 5. The van der Waals surface area contributed by atoms with Crippen LogP contribution in [0.2, 0.25) is 0 Å². The Hall–Kier alpha value is -1.30. The number of nitrogens with zero attached hydrogens (tertiary/aromatic N) is 2. The van der Waals surface area contributed by atoms with Crippen LogP contribution in [0.3, 0.4) is 0 Å². The standard InChI is InChI=1S/C14H26N4OS/c1-5-10(6-2)9-16-13(19)11-12(15)17-14(20-11)18(7-3)8-4/h10H,5-9,15H2,1-4H3,(H,16,19). The molecule has 1 aromatic rings. The summed E-state index contributed by atoms with van der Waals surface area (Å²) in [4.78, 5) is 19.1. The normalized spacial score (nSPS) is 10.8. The van der Waals surface area contributed by atoms with Crippen molar-refractivity contribution in [2.45, 2.75) is 40.5 Å². The summed E-state index contributed by atoms with van der Waals surface area (Å²) in [5.74, 6) is 0.750. The van der Waals surface area contributed by atoms with Crippen LogP contribution in [0.4, 0.5) is 10.9 Å². The van der Waals surface area contributed by atoms with Crippen molar-refractivity contribution in [3.05, 3.63) is 4.88 Å². The Balaban J connectivity index is 2.73. The molecule has 20 heavy (non-hydrogen) atoms. The summed E-state index contributed by atoms with van der Waals surface area (Å²) in [5.41, 5.74) is 5.87. The van der Waals surface area contributed by atoms with Crippen molar-refractivity contribution in [3.63, 3.8) is 0 Å². The summed E-state index contributed by atoms with van der Waals surface area (Å²) in [6, 6.07) is 0. The lowest BCUT2D eigenvalue weighted by Crippen LogP contribution is -2.28. The SMILES string of the molecule is CCC(CC)CNC(=O)c1sc(N(CC)CC)nc1N. The van der Waals surface area contributed by atoms with Gasteiger partial charge in [-0.25, -0.2) is 4.98 Å². The topological polar surface area (TPSA) is 71.2 Å². The van der Waals surface area contributed by atoms with E-state index in [0.717, 1.165) is 31.1 Å². The van der Waals surface area contributed by atoms with Crippen LogP contribution in [0.5, 0.6) is 0 Å². The molecule has 1 amide bonds. The number of carbonyl (C=O) groups excluding carboxylic acids is 1. The van der Waals surface area contributed by atoms with Crippen molar-refractivity contribution in [3.8, 4) is 0 Å². The second-order valence-electron chi connectivity index (χ2n) is 4.78. The maximum absolute atomic E-state index is 12.2. The molecule has 3 N–H and O–H groups in total. The third-order valence-corrected chi connectivity index (χ3v) is 4.72. The van der Waals surface area contributed by atoms with Crippen LogP contribution in [-0.4, -0.2) is 30.5 Å². The van der Waals surface area contributed by atoms with Crippen molar-refractivity contribution >= 4 is 28.2 Å². The maximum atomic E-state index is 12.2. The van der Waals surface area contributed by atoms with Gasteiger partial charge in [0.25, 0.3) is 5.91 Å². The Morgan fingerprint density at radius 3 is 2.40 bits per heavy atom. The van der Waals surface area contributed by atoms with Gasteiger partial charge in [-0.2, -0.15) is 0 Å². The zero-order chi connectivity index (χ0) is 15.1. The Bertz CT molecular complexity index is 425. The fourth-order valence-electron chi connectivity index (χ4n) is 2.01. The molecule has 0 aliphatic rings. The molecule has 0 aliphatic heterocycles. The molecular weight excluding hydrogens is 272 g/mol. The van der Waals surface area contributed by atoms with Crippen molar-refractivity contribution in [2.75, 3.05) is 30.3 Å². The first-order chi connectivity index (χ1) is 9.57. The van der Waals surface area contributed by atoms with E-state index in [2.05, 4.69) is 42.9 Å². The van der Waals surface area contributed by atoms with Gasteiger partial charge in [-0.3, -0.25) is 4.79 Å². The fraction of sp³-hybridized carbons (Fsp3) is 0.714. The number of hydrogen-bond donors (Lipinski definition) is 2. The monoisotopic (exact) mass is 298 g/mol. The molecule has 5 nitrogen and oxygen atoms in total. The summed E-state index contributed by atoms with van der Waals surface area (Å²) >= 11 is 1.37. The van der Waals surface area contributed by atoms with E-state index in [9.17, 15) is 4.79 Å². The summed E-state index contributed by atoms with van der Waals surface area (Å²) in [7, 11) is 0. The number of thiazole rings is 1. The van der Waals surface area contributed by atoms with E-state index in [1.165, 1.54) is 11.3 Å². The number of carbonyl (C=O) groups is 1. The fourth-order valence-corrected chi connectivity index (χ4v) is 3.04. The van der Waals surface area contributed by atoms with E-state index in [-0.39, 0.29) is 5.91 Å². The Kier molecular flexibility index (Phi) is 6.78. The van der Waals surface area contributed by atoms with E-state index in [1.807, 2.05) is 0 Å². The molecule has 0 saturated heterocycles. The van der Waals surface area contributed by atoms with Crippen LogP contribution in [0.15, 0.2) is 0 Å². The lowest BCUT2D eigenvalue weighted by atomic mass is 10.0. The number of nitrogens with one attached hydrogen (secondary N) is 1. The van der Waals surface area contributed by atoms with Gasteiger partial charge in [0.15, 0.2) is 5.13 Å². The van der Waals surface area contributed by atoms with Gasteiger partial charge < -0.3 is 16.0 Å². The van der Waals surface area contributed by atoms with Crippen LogP contribution in [0.1, 0.15) is 50.2 Å². The number of aromatic nitrogens is 1. The summed E-state index contributed by atoms with van der Waals surface area (Å²) in [6.07, 6.45) is 2.14. The molecule has 0 atom stereocenters. The zero-order valence-corrected chi connectivity index (χ0v) is 13.7. The summed E-state index contributed by atoms with van der Waals surface area (Å²) in [6.45, 7) is 10.8. The van der Waals surface area contributed by atoms with Gasteiger partial charge >= 0.3 is 0 Å². The molecule has 0 radical (unpaired) electrons.